The first-order valence-corrected chi connectivity index (χ1v) is 5.90. The van der Waals surface area contributed by atoms with E-state index in [0.717, 1.165) is 37.7 Å². The minimum absolute atomic E-state index is 0.186. The fraction of sp³-hybridized carbons (Fsp3) is 0.818. The van der Waals surface area contributed by atoms with Gasteiger partial charge in [-0.15, -0.1) is 0 Å². The van der Waals surface area contributed by atoms with Crippen molar-refractivity contribution in [3.8, 4) is 0 Å². The minimum atomic E-state index is -0.252. The van der Waals surface area contributed by atoms with Crippen molar-refractivity contribution in [1.82, 2.24) is 15.5 Å². The van der Waals surface area contributed by atoms with Crippen molar-refractivity contribution in [1.29, 1.82) is 0 Å². The minimum Gasteiger partial charge on any atom is -0.368 e. The fourth-order valence-corrected chi connectivity index (χ4v) is 2.92. The Hall–Kier alpha value is -0.940. The smallest absolute Gasteiger partial charge is 0.258 e. The Labute approximate surface area is 93.5 Å². The first-order valence-electron chi connectivity index (χ1n) is 5.90. The summed E-state index contributed by atoms with van der Waals surface area (Å²) in [6.45, 7) is 2.09. The van der Waals surface area contributed by atoms with Crippen LogP contribution < -0.4 is 5.32 Å². The summed E-state index contributed by atoms with van der Waals surface area (Å²) in [6, 6.07) is 0. The molecule has 0 spiro atoms. The molecule has 4 rings (SSSR count). The van der Waals surface area contributed by atoms with Crippen molar-refractivity contribution in [2.45, 2.75) is 30.3 Å². The molecule has 2 heterocycles. The molecule has 2 saturated carbocycles. The van der Waals surface area contributed by atoms with Gasteiger partial charge in [-0.3, -0.25) is 0 Å². The molecule has 5 heteroatoms. The summed E-state index contributed by atoms with van der Waals surface area (Å²) >= 11 is 0. The third-order valence-electron chi connectivity index (χ3n) is 4.42. The second-order valence-electron chi connectivity index (χ2n) is 5.31. The average molecular weight is 221 g/mol. The molecule has 3 fully saturated rings. The van der Waals surface area contributed by atoms with Gasteiger partial charge in [-0.05, 0) is 31.7 Å². The molecule has 0 aromatic carbocycles. The Morgan fingerprint density at radius 1 is 1.50 bits per heavy atom. The molecule has 0 amide bonds. The second-order valence-corrected chi connectivity index (χ2v) is 5.31. The molecule has 16 heavy (non-hydrogen) atoms. The fourth-order valence-electron chi connectivity index (χ4n) is 2.92. The van der Waals surface area contributed by atoms with Gasteiger partial charge in [-0.25, -0.2) is 0 Å². The van der Waals surface area contributed by atoms with E-state index in [4.69, 9.17) is 9.26 Å². The van der Waals surface area contributed by atoms with Crippen LogP contribution in [0, 0.1) is 5.92 Å². The lowest BCUT2D eigenvalue weighted by molar-refractivity contribution is 0.0492. The summed E-state index contributed by atoms with van der Waals surface area (Å²) in [7, 11) is 1.71. The van der Waals surface area contributed by atoms with Crippen LogP contribution in [0.2, 0.25) is 0 Å². The van der Waals surface area contributed by atoms with Crippen molar-refractivity contribution >= 4 is 0 Å². The van der Waals surface area contributed by atoms with Crippen LogP contribution in [0.3, 0.4) is 0 Å². The van der Waals surface area contributed by atoms with Crippen LogP contribution in [0.4, 0.5) is 0 Å². The van der Waals surface area contributed by atoms with E-state index in [0.29, 0.717) is 5.89 Å². The van der Waals surface area contributed by atoms with E-state index in [9.17, 15) is 0 Å². The zero-order chi connectivity index (χ0) is 10.8. The molecular weight excluding hydrogens is 206 g/mol. The van der Waals surface area contributed by atoms with Crippen molar-refractivity contribution in [2.24, 2.45) is 5.92 Å². The molecule has 1 aliphatic heterocycles. The first kappa shape index (κ1) is 9.13. The predicted octanol–water partition coefficient (Wildman–Crippen LogP) is 0.566. The zero-order valence-electron chi connectivity index (χ0n) is 9.32. The highest BCUT2D eigenvalue weighted by Crippen LogP contribution is 2.56. The number of nitrogens with one attached hydrogen (secondary N) is 1. The lowest BCUT2D eigenvalue weighted by Gasteiger charge is -2.06. The highest BCUT2D eigenvalue weighted by atomic mass is 16.5. The van der Waals surface area contributed by atoms with Crippen molar-refractivity contribution < 1.29 is 9.26 Å². The average Bonchev–Trinajstić information content (AvgIpc) is 3.15. The van der Waals surface area contributed by atoms with Crippen LogP contribution in [0.1, 0.15) is 31.0 Å². The number of rotatable bonds is 3. The number of nitrogens with zero attached hydrogens (tertiary/aromatic N) is 2. The van der Waals surface area contributed by atoms with Gasteiger partial charge in [0, 0.05) is 13.7 Å². The third kappa shape index (κ3) is 0.978. The maximum absolute atomic E-state index is 5.45. The summed E-state index contributed by atoms with van der Waals surface area (Å²) in [5.74, 6) is 2.29. The quantitative estimate of drug-likeness (QED) is 0.808. The Morgan fingerprint density at radius 2 is 2.38 bits per heavy atom. The van der Waals surface area contributed by atoms with Crippen molar-refractivity contribution in [2.75, 3.05) is 20.2 Å². The Kier molecular flexibility index (Phi) is 1.51. The van der Waals surface area contributed by atoms with Gasteiger partial charge in [-0.2, -0.15) is 4.98 Å². The number of ether oxygens (including phenoxy) is 1. The molecule has 5 nitrogen and oxygen atoms in total. The SMILES string of the molecule is COC1(c2nc(C34CNCC3C4)no2)CC1. The number of methoxy groups -OCH3 is 1. The molecule has 0 bridgehead atoms. The largest absolute Gasteiger partial charge is 0.368 e. The lowest BCUT2D eigenvalue weighted by atomic mass is 10.1. The number of fused-ring (bicyclic) bond motifs is 1. The topological polar surface area (TPSA) is 60.2 Å². The van der Waals surface area contributed by atoms with Gasteiger partial charge in [0.2, 0.25) is 0 Å². The lowest BCUT2D eigenvalue weighted by Crippen LogP contribution is -2.20. The predicted molar refractivity (Wildman–Crippen MR) is 54.9 cm³/mol. The van der Waals surface area contributed by atoms with Gasteiger partial charge >= 0.3 is 0 Å². The third-order valence-corrected chi connectivity index (χ3v) is 4.42. The molecule has 1 saturated heterocycles. The molecule has 2 unspecified atom stereocenters. The molecule has 1 N–H and O–H groups in total. The molecular formula is C11H15N3O2. The van der Waals surface area contributed by atoms with E-state index in [2.05, 4.69) is 15.5 Å². The van der Waals surface area contributed by atoms with Crippen LogP contribution in [0.15, 0.2) is 4.52 Å². The highest BCUT2D eigenvalue weighted by molar-refractivity contribution is 5.27. The van der Waals surface area contributed by atoms with Gasteiger partial charge < -0.3 is 14.6 Å². The summed E-state index contributed by atoms with van der Waals surface area (Å²) in [5.41, 5.74) is -0.0656. The van der Waals surface area contributed by atoms with Crippen molar-refractivity contribution in [3.05, 3.63) is 11.7 Å². The van der Waals surface area contributed by atoms with Gasteiger partial charge in [-0.1, -0.05) is 5.16 Å². The number of hydrogen-bond donors (Lipinski definition) is 1. The summed E-state index contributed by atoms with van der Waals surface area (Å²) in [4.78, 5) is 4.57. The van der Waals surface area contributed by atoms with E-state index in [1.54, 1.807) is 7.11 Å². The monoisotopic (exact) mass is 221 g/mol. The van der Waals surface area contributed by atoms with Gasteiger partial charge in [0.15, 0.2) is 5.82 Å². The van der Waals surface area contributed by atoms with Crippen LogP contribution >= 0.6 is 0 Å². The van der Waals surface area contributed by atoms with Crippen LogP contribution in [0.5, 0.6) is 0 Å². The molecule has 2 atom stereocenters. The van der Waals surface area contributed by atoms with E-state index in [-0.39, 0.29) is 11.0 Å². The Morgan fingerprint density at radius 3 is 2.94 bits per heavy atom. The second kappa shape index (κ2) is 2.65. The van der Waals surface area contributed by atoms with E-state index >= 15 is 0 Å². The molecule has 3 aliphatic rings. The molecule has 0 radical (unpaired) electrons. The van der Waals surface area contributed by atoms with Crippen LogP contribution in [-0.2, 0) is 15.8 Å². The number of aromatic nitrogens is 2. The maximum Gasteiger partial charge on any atom is 0.258 e. The first-order chi connectivity index (χ1) is 7.79. The maximum atomic E-state index is 5.45. The Bertz CT molecular complexity index is 440. The zero-order valence-corrected chi connectivity index (χ0v) is 9.32. The van der Waals surface area contributed by atoms with Crippen molar-refractivity contribution in [3.63, 3.8) is 0 Å². The standard InChI is InChI=1S/C11H15N3O2/c1-15-11(2-3-11)9-13-8(14-16-9)10-4-7(10)5-12-6-10/h7,12H,2-6H2,1H3. The van der Waals surface area contributed by atoms with Crippen LogP contribution in [0.25, 0.3) is 0 Å². The normalized spacial score (nSPS) is 38.4. The number of hydrogen-bond acceptors (Lipinski definition) is 5. The van der Waals surface area contributed by atoms with Crippen LogP contribution in [-0.4, -0.2) is 30.3 Å². The summed E-state index contributed by atoms with van der Waals surface area (Å²) in [6.07, 6.45) is 3.21. The molecule has 1 aromatic heterocycles. The Balaban J connectivity index is 1.67. The summed E-state index contributed by atoms with van der Waals surface area (Å²) < 4.78 is 10.8. The molecule has 2 aliphatic carbocycles. The van der Waals surface area contributed by atoms with Gasteiger partial charge in [0.05, 0.1) is 5.41 Å². The van der Waals surface area contributed by atoms with E-state index < -0.39 is 0 Å². The molecule has 1 aromatic rings. The highest BCUT2D eigenvalue weighted by Gasteiger charge is 2.62. The molecule has 86 valence electrons. The van der Waals surface area contributed by atoms with E-state index in [1.165, 1.54) is 6.42 Å². The van der Waals surface area contributed by atoms with Gasteiger partial charge in [0.25, 0.3) is 5.89 Å². The summed E-state index contributed by atoms with van der Waals surface area (Å²) in [5, 5.41) is 7.55. The van der Waals surface area contributed by atoms with E-state index in [1.807, 2.05) is 0 Å². The number of piperidine rings is 1. The van der Waals surface area contributed by atoms with Gasteiger partial charge in [0.1, 0.15) is 5.60 Å².